The number of hydrogen-bond acceptors (Lipinski definition) is 3. The first-order chi connectivity index (χ1) is 9.20. The average Bonchev–Trinajstić information content (AvgIpc) is 2.89. The van der Waals surface area contributed by atoms with Gasteiger partial charge in [0.1, 0.15) is 0 Å². The number of carbonyl (C=O) groups excluding carboxylic acids is 1. The predicted octanol–water partition coefficient (Wildman–Crippen LogP) is 1.74. The summed E-state index contributed by atoms with van der Waals surface area (Å²) in [6, 6.07) is 7.76. The Balaban J connectivity index is 1.76. The summed E-state index contributed by atoms with van der Waals surface area (Å²) in [5.74, 6) is 0.149. The molecule has 2 atom stereocenters. The van der Waals surface area contributed by atoms with Gasteiger partial charge in [-0.25, -0.2) is 0 Å². The molecular weight excluding hydrogens is 240 g/mol. The number of carbonyl (C=O) groups is 1. The number of ether oxygens (including phenoxy) is 1. The second kappa shape index (κ2) is 6.57. The molecule has 1 heterocycles. The predicted molar refractivity (Wildman–Crippen MR) is 75.7 cm³/mol. The maximum atomic E-state index is 12.0. The lowest BCUT2D eigenvalue weighted by Gasteiger charge is -2.16. The quantitative estimate of drug-likeness (QED) is 0.794. The summed E-state index contributed by atoms with van der Waals surface area (Å²) >= 11 is 0. The number of nitrogens with one attached hydrogen (secondary N) is 1. The molecule has 1 aliphatic rings. The smallest absolute Gasteiger partial charge is 0.225 e. The van der Waals surface area contributed by atoms with E-state index in [4.69, 9.17) is 10.5 Å². The molecule has 3 N–H and O–H groups in total. The Morgan fingerprint density at radius 1 is 1.42 bits per heavy atom. The zero-order valence-corrected chi connectivity index (χ0v) is 11.4. The van der Waals surface area contributed by atoms with Crippen LogP contribution in [-0.2, 0) is 16.0 Å². The lowest BCUT2D eigenvalue weighted by Crippen LogP contribution is -2.36. The molecule has 0 aromatic heterocycles. The Labute approximate surface area is 114 Å². The van der Waals surface area contributed by atoms with Crippen LogP contribution in [0.5, 0.6) is 0 Å². The molecule has 0 saturated carbocycles. The summed E-state index contributed by atoms with van der Waals surface area (Å²) in [6.07, 6.45) is 2.66. The van der Waals surface area contributed by atoms with Crippen LogP contribution in [-0.4, -0.2) is 25.2 Å². The van der Waals surface area contributed by atoms with Crippen LogP contribution in [0, 0.1) is 5.92 Å². The number of hydrogen-bond donors (Lipinski definition) is 2. The number of rotatable bonds is 5. The van der Waals surface area contributed by atoms with Crippen LogP contribution in [0.4, 0.5) is 5.69 Å². The topological polar surface area (TPSA) is 64.3 Å². The van der Waals surface area contributed by atoms with Gasteiger partial charge in [-0.2, -0.15) is 0 Å². The molecule has 0 bridgehead atoms. The third kappa shape index (κ3) is 3.70. The highest BCUT2D eigenvalue weighted by atomic mass is 16.5. The SMILES string of the molecule is CCC1OCCC1C(=O)NCCc1ccc(N)cc1. The minimum atomic E-state index is 0.0245. The first-order valence-electron chi connectivity index (χ1n) is 6.94. The Kier molecular flexibility index (Phi) is 4.80. The highest BCUT2D eigenvalue weighted by Crippen LogP contribution is 2.23. The summed E-state index contributed by atoms with van der Waals surface area (Å²) < 4.78 is 5.54. The molecule has 0 aliphatic carbocycles. The van der Waals surface area contributed by atoms with Crippen molar-refractivity contribution in [1.82, 2.24) is 5.32 Å². The Morgan fingerprint density at radius 3 is 2.84 bits per heavy atom. The van der Waals surface area contributed by atoms with E-state index in [-0.39, 0.29) is 17.9 Å². The van der Waals surface area contributed by atoms with E-state index in [0.29, 0.717) is 13.2 Å². The van der Waals surface area contributed by atoms with Crippen molar-refractivity contribution in [2.45, 2.75) is 32.3 Å². The van der Waals surface area contributed by atoms with Crippen molar-refractivity contribution in [1.29, 1.82) is 0 Å². The van der Waals surface area contributed by atoms with Crippen molar-refractivity contribution in [3.63, 3.8) is 0 Å². The first-order valence-corrected chi connectivity index (χ1v) is 6.94. The number of amides is 1. The van der Waals surface area contributed by atoms with Gasteiger partial charge in [0.2, 0.25) is 5.91 Å². The normalized spacial score (nSPS) is 22.4. The lowest BCUT2D eigenvalue weighted by molar-refractivity contribution is -0.126. The van der Waals surface area contributed by atoms with Crippen LogP contribution in [0.3, 0.4) is 0 Å². The minimum absolute atomic E-state index is 0.0245. The van der Waals surface area contributed by atoms with E-state index in [1.54, 1.807) is 0 Å². The molecule has 1 aromatic carbocycles. The standard InChI is InChI=1S/C15H22N2O2/c1-2-14-13(8-10-19-14)15(18)17-9-7-11-3-5-12(16)6-4-11/h3-6,13-14H,2,7-10,16H2,1H3,(H,17,18). The van der Waals surface area contributed by atoms with Crippen molar-refractivity contribution < 1.29 is 9.53 Å². The molecule has 4 heteroatoms. The van der Waals surface area contributed by atoms with Crippen molar-refractivity contribution in [3.05, 3.63) is 29.8 Å². The molecule has 1 fully saturated rings. The van der Waals surface area contributed by atoms with Crippen LogP contribution in [0.2, 0.25) is 0 Å². The number of anilines is 1. The van der Waals surface area contributed by atoms with Gasteiger partial charge in [-0.1, -0.05) is 19.1 Å². The lowest BCUT2D eigenvalue weighted by atomic mass is 9.98. The second-order valence-corrected chi connectivity index (χ2v) is 5.00. The molecule has 1 amide bonds. The average molecular weight is 262 g/mol. The Bertz CT molecular complexity index is 417. The number of nitrogen functional groups attached to an aromatic ring is 1. The molecule has 1 saturated heterocycles. The van der Waals surface area contributed by atoms with Crippen LogP contribution >= 0.6 is 0 Å². The molecular formula is C15H22N2O2. The van der Waals surface area contributed by atoms with Gasteiger partial charge < -0.3 is 15.8 Å². The fourth-order valence-corrected chi connectivity index (χ4v) is 2.50. The molecule has 0 radical (unpaired) electrons. The van der Waals surface area contributed by atoms with Gasteiger partial charge in [0, 0.05) is 18.8 Å². The van der Waals surface area contributed by atoms with Gasteiger partial charge in [0.05, 0.1) is 12.0 Å². The maximum Gasteiger partial charge on any atom is 0.225 e. The zero-order chi connectivity index (χ0) is 13.7. The van der Waals surface area contributed by atoms with Gasteiger partial charge in [0.15, 0.2) is 0 Å². The van der Waals surface area contributed by atoms with Crippen LogP contribution in [0.15, 0.2) is 24.3 Å². The van der Waals surface area contributed by atoms with Crippen molar-refractivity contribution >= 4 is 11.6 Å². The fourth-order valence-electron chi connectivity index (χ4n) is 2.50. The molecule has 2 unspecified atom stereocenters. The third-order valence-corrected chi connectivity index (χ3v) is 3.64. The summed E-state index contributed by atoms with van der Waals surface area (Å²) in [5.41, 5.74) is 7.58. The zero-order valence-electron chi connectivity index (χ0n) is 11.4. The fraction of sp³-hybridized carbons (Fsp3) is 0.533. The van der Waals surface area contributed by atoms with Crippen molar-refractivity contribution in [3.8, 4) is 0 Å². The summed E-state index contributed by atoms with van der Waals surface area (Å²) in [5, 5.41) is 3.00. The van der Waals surface area contributed by atoms with Crippen molar-refractivity contribution in [2.75, 3.05) is 18.9 Å². The largest absolute Gasteiger partial charge is 0.399 e. The molecule has 4 nitrogen and oxygen atoms in total. The van der Waals surface area contributed by atoms with E-state index in [1.807, 2.05) is 24.3 Å². The van der Waals surface area contributed by atoms with Gasteiger partial charge in [-0.15, -0.1) is 0 Å². The van der Waals surface area contributed by atoms with E-state index in [0.717, 1.165) is 24.9 Å². The van der Waals surface area contributed by atoms with E-state index in [1.165, 1.54) is 5.56 Å². The maximum absolute atomic E-state index is 12.0. The van der Waals surface area contributed by atoms with Crippen LogP contribution in [0.1, 0.15) is 25.3 Å². The van der Waals surface area contributed by atoms with E-state index in [9.17, 15) is 4.79 Å². The van der Waals surface area contributed by atoms with Crippen LogP contribution in [0.25, 0.3) is 0 Å². The Morgan fingerprint density at radius 2 is 2.16 bits per heavy atom. The van der Waals surface area contributed by atoms with E-state index >= 15 is 0 Å². The molecule has 19 heavy (non-hydrogen) atoms. The van der Waals surface area contributed by atoms with Gasteiger partial charge in [-0.3, -0.25) is 4.79 Å². The first kappa shape index (κ1) is 13.9. The van der Waals surface area contributed by atoms with Crippen molar-refractivity contribution in [2.24, 2.45) is 5.92 Å². The molecule has 1 aliphatic heterocycles. The van der Waals surface area contributed by atoms with Crippen LogP contribution < -0.4 is 11.1 Å². The highest BCUT2D eigenvalue weighted by molar-refractivity contribution is 5.79. The van der Waals surface area contributed by atoms with E-state index < -0.39 is 0 Å². The highest BCUT2D eigenvalue weighted by Gasteiger charge is 2.32. The third-order valence-electron chi connectivity index (χ3n) is 3.64. The summed E-state index contributed by atoms with van der Waals surface area (Å²) in [6.45, 7) is 3.43. The molecule has 104 valence electrons. The van der Waals surface area contributed by atoms with Gasteiger partial charge >= 0.3 is 0 Å². The number of nitrogens with two attached hydrogens (primary N) is 1. The van der Waals surface area contributed by atoms with Gasteiger partial charge in [0.25, 0.3) is 0 Å². The number of benzene rings is 1. The second-order valence-electron chi connectivity index (χ2n) is 5.00. The monoisotopic (exact) mass is 262 g/mol. The summed E-state index contributed by atoms with van der Waals surface area (Å²) in [7, 11) is 0. The Hall–Kier alpha value is -1.55. The molecule has 1 aromatic rings. The molecule has 2 rings (SSSR count). The van der Waals surface area contributed by atoms with Gasteiger partial charge in [-0.05, 0) is 37.0 Å². The minimum Gasteiger partial charge on any atom is -0.399 e. The summed E-state index contributed by atoms with van der Waals surface area (Å²) in [4.78, 5) is 12.0. The van der Waals surface area contributed by atoms with E-state index in [2.05, 4.69) is 12.2 Å². The molecule has 0 spiro atoms.